The van der Waals surface area contributed by atoms with Crippen molar-refractivity contribution in [3.8, 4) is 6.07 Å². The van der Waals surface area contributed by atoms with Gasteiger partial charge in [-0.2, -0.15) is 10.4 Å². The molecule has 0 bridgehead atoms. The van der Waals surface area contributed by atoms with Crippen molar-refractivity contribution in [1.29, 1.82) is 5.26 Å². The Hall–Kier alpha value is -2.88. The van der Waals surface area contributed by atoms with Crippen LogP contribution in [0.3, 0.4) is 0 Å². The average molecular weight is 336 g/mol. The minimum Gasteiger partial charge on any atom is -0.353 e. The Balaban J connectivity index is 1.33. The molecule has 1 amide bonds. The van der Waals surface area contributed by atoms with Crippen molar-refractivity contribution in [2.24, 2.45) is 13.0 Å². The Morgan fingerprint density at radius 2 is 2.04 bits per heavy atom. The van der Waals surface area contributed by atoms with Crippen LogP contribution in [0.5, 0.6) is 0 Å². The predicted molar refractivity (Wildman–Crippen MR) is 91.8 cm³/mol. The maximum atomic E-state index is 12.7. The maximum absolute atomic E-state index is 12.7. The molecule has 3 heterocycles. The zero-order valence-electron chi connectivity index (χ0n) is 14.2. The fourth-order valence-electron chi connectivity index (χ4n) is 3.50. The fraction of sp³-hybridized carbons (Fsp3) is 0.444. The molecular formula is C18H20N6O. The van der Waals surface area contributed by atoms with Gasteiger partial charge in [0.2, 0.25) is 5.91 Å². The minimum atomic E-state index is 0.115. The molecule has 2 fully saturated rings. The van der Waals surface area contributed by atoms with Gasteiger partial charge in [-0.05, 0) is 30.0 Å². The van der Waals surface area contributed by atoms with Crippen LogP contribution in [0.1, 0.15) is 23.5 Å². The summed E-state index contributed by atoms with van der Waals surface area (Å²) in [5, 5.41) is 13.0. The summed E-state index contributed by atoms with van der Waals surface area (Å²) in [6.45, 7) is 2.98. The lowest BCUT2D eigenvalue weighted by atomic mass is 10.1. The van der Waals surface area contributed by atoms with E-state index in [4.69, 9.17) is 5.26 Å². The van der Waals surface area contributed by atoms with Crippen LogP contribution in [0.2, 0.25) is 0 Å². The van der Waals surface area contributed by atoms with Crippen LogP contribution in [0.15, 0.2) is 30.7 Å². The molecule has 1 saturated heterocycles. The first-order chi connectivity index (χ1) is 12.2. The summed E-state index contributed by atoms with van der Waals surface area (Å²) in [5.41, 5.74) is 1.73. The van der Waals surface area contributed by atoms with Crippen molar-refractivity contribution >= 4 is 11.7 Å². The summed E-state index contributed by atoms with van der Waals surface area (Å²) >= 11 is 0. The van der Waals surface area contributed by atoms with Gasteiger partial charge >= 0.3 is 0 Å². The molecule has 1 saturated carbocycles. The second kappa shape index (κ2) is 6.20. The fourth-order valence-corrected chi connectivity index (χ4v) is 3.50. The topological polar surface area (TPSA) is 78.0 Å². The van der Waals surface area contributed by atoms with E-state index in [-0.39, 0.29) is 11.8 Å². The Morgan fingerprint density at radius 3 is 2.64 bits per heavy atom. The van der Waals surface area contributed by atoms with Gasteiger partial charge in [0.1, 0.15) is 11.9 Å². The highest BCUT2D eigenvalue weighted by atomic mass is 16.2. The largest absolute Gasteiger partial charge is 0.353 e. The average Bonchev–Trinajstić information content (AvgIpc) is 3.35. The van der Waals surface area contributed by atoms with Gasteiger partial charge in [-0.25, -0.2) is 4.98 Å². The van der Waals surface area contributed by atoms with Crippen LogP contribution >= 0.6 is 0 Å². The van der Waals surface area contributed by atoms with Crippen LogP contribution in [0.4, 0.5) is 5.82 Å². The standard InChI is InChI=1S/C18H20N6O/c1-22-12-14(11-21-22)15-8-16(15)18(25)24-6-4-23(5-7-24)17-3-2-13(9-19)10-20-17/h2-3,10-12,15-16H,4-8H2,1H3/t15-,16+/m1/s1. The Kier molecular flexibility index (Phi) is 3.88. The van der Waals surface area contributed by atoms with Gasteiger partial charge in [-0.3, -0.25) is 9.48 Å². The van der Waals surface area contributed by atoms with Gasteiger partial charge in [-0.15, -0.1) is 0 Å². The Morgan fingerprint density at radius 1 is 1.24 bits per heavy atom. The first kappa shape index (κ1) is 15.6. The van der Waals surface area contributed by atoms with Crippen molar-refractivity contribution in [3.63, 3.8) is 0 Å². The summed E-state index contributed by atoms with van der Waals surface area (Å²) in [7, 11) is 1.90. The molecule has 2 aliphatic rings. The Labute approximate surface area is 146 Å². The smallest absolute Gasteiger partial charge is 0.226 e. The molecule has 1 aliphatic carbocycles. The number of pyridine rings is 1. The molecule has 0 unspecified atom stereocenters. The van der Waals surface area contributed by atoms with Crippen LogP contribution in [0, 0.1) is 17.2 Å². The number of hydrogen-bond donors (Lipinski definition) is 0. The number of carbonyl (C=O) groups excluding carboxylic acids is 1. The molecule has 4 rings (SSSR count). The molecular weight excluding hydrogens is 316 g/mol. The van der Waals surface area contributed by atoms with E-state index < -0.39 is 0 Å². The number of amides is 1. The third-order valence-electron chi connectivity index (χ3n) is 5.05. The molecule has 7 heteroatoms. The Bertz CT molecular complexity index is 813. The molecule has 0 N–H and O–H groups in total. The second-order valence-electron chi connectivity index (χ2n) is 6.73. The van der Waals surface area contributed by atoms with Crippen molar-refractivity contribution in [3.05, 3.63) is 41.9 Å². The van der Waals surface area contributed by atoms with Gasteiger partial charge in [0.05, 0.1) is 11.8 Å². The summed E-state index contributed by atoms with van der Waals surface area (Å²) < 4.78 is 1.79. The zero-order valence-corrected chi connectivity index (χ0v) is 14.2. The molecule has 128 valence electrons. The third-order valence-corrected chi connectivity index (χ3v) is 5.05. The first-order valence-corrected chi connectivity index (χ1v) is 8.54. The van der Waals surface area contributed by atoms with E-state index in [0.717, 1.165) is 38.4 Å². The minimum absolute atomic E-state index is 0.115. The van der Waals surface area contributed by atoms with E-state index in [9.17, 15) is 4.79 Å². The van der Waals surface area contributed by atoms with Gasteiger partial charge in [0.25, 0.3) is 0 Å². The van der Waals surface area contributed by atoms with Gasteiger partial charge in [0.15, 0.2) is 0 Å². The highest BCUT2D eigenvalue weighted by Crippen LogP contribution is 2.48. The lowest BCUT2D eigenvalue weighted by Gasteiger charge is -2.35. The van der Waals surface area contributed by atoms with E-state index in [1.165, 1.54) is 5.56 Å². The van der Waals surface area contributed by atoms with Crippen molar-refractivity contribution < 1.29 is 4.79 Å². The molecule has 7 nitrogen and oxygen atoms in total. The molecule has 0 spiro atoms. The highest BCUT2D eigenvalue weighted by Gasteiger charge is 2.46. The first-order valence-electron chi connectivity index (χ1n) is 8.54. The molecule has 2 atom stereocenters. The van der Waals surface area contributed by atoms with Gasteiger partial charge < -0.3 is 9.80 Å². The summed E-state index contributed by atoms with van der Waals surface area (Å²) in [6, 6.07) is 5.73. The van der Waals surface area contributed by atoms with Gasteiger partial charge in [0, 0.05) is 51.5 Å². The number of piperazine rings is 1. The number of nitriles is 1. The maximum Gasteiger partial charge on any atom is 0.226 e. The van der Waals surface area contributed by atoms with E-state index in [1.54, 1.807) is 16.9 Å². The highest BCUT2D eigenvalue weighted by molar-refractivity contribution is 5.83. The molecule has 2 aromatic rings. The quantitative estimate of drug-likeness (QED) is 0.840. The molecule has 2 aromatic heterocycles. The van der Waals surface area contributed by atoms with Crippen molar-refractivity contribution in [2.45, 2.75) is 12.3 Å². The van der Waals surface area contributed by atoms with Crippen LogP contribution in [0.25, 0.3) is 0 Å². The summed E-state index contributed by atoms with van der Waals surface area (Å²) in [4.78, 5) is 21.2. The van der Waals surface area contributed by atoms with Crippen molar-refractivity contribution in [2.75, 3.05) is 31.1 Å². The molecule has 1 aliphatic heterocycles. The van der Waals surface area contributed by atoms with E-state index in [2.05, 4.69) is 21.1 Å². The second-order valence-corrected chi connectivity index (χ2v) is 6.73. The van der Waals surface area contributed by atoms with Crippen LogP contribution in [-0.4, -0.2) is 51.8 Å². The molecule has 25 heavy (non-hydrogen) atoms. The number of aryl methyl sites for hydroxylation is 1. The SMILES string of the molecule is Cn1cc([C@H]2C[C@@H]2C(=O)N2CCN(c3ccc(C#N)cn3)CC2)cn1. The van der Waals surface area contributed by atoms with Crippen LogP contribution < -0.4 is 4.90 Å². The van der Waals surface area contributed by atoms with E-state index in [0.29, 0.717) is 11.5 Å². The third kappa shape index (κ3) is 3.07. The molecule has 0 aromatic carbocycles. The number of rotatable bonds is 3. The van der Waals surface area contributed by atoms with E-state index >= 15 is 0 Å². The summed E-state index contributed by atoms with van der Waals surface area (Å²) in [5.74, 6) is 1.58. The zero-order chi connectivity index (χ0) is 17.4. The number of anilines is 1. The van der Waals surface area contributed by atoms with Gasteiger partial charge in [-0.1, -0.05) is 0 Å². The lowest BCUT2D eigenvalue weighted by molar-refractivity contribution is -0.133. The van der Waals surface area contributed by atoms with Crippen molar-refractivity contribution in [1.82, 2.24) is 19.7 Å². The number of aromatic nitrogens is 3. The monoisotopic (exact) mass is 336 g/mol. The number of nitrogens with zero attached hydrogens (tertiary/aromatic N) is 6. The predicted octanol–water partition coefficient (Wildman–Crippen LogP) is 1.14. The molecule has 0 radical (unpaired) electrons. The number of hydrogen-bond acceptors (Lipinski definition) is 5. The normalized spacial score (nSPS) is 22.6. The lowest BCUT2D eigenvalue weighted by Crippen LogP contribution is -2.49. The van der Waals surface area contributed by atoms with Crippen LogP contribution in [-0.2, 0) is 11.8 Å². The van der Waals surface area contributed by atoms with E-state index in [1.807, 2.05) is 30.4 Å². The summed E-state index contributed by atoms with van der Waals surface area (Å²) in [6.07, 6.45) is 6.40. The number of carbonyl (C=O) groups is 1.